The largest absolute Gasteiger partial charge is 0.373 e. The molecule has 0 aromatic heterocycles. The predicted molar refractivity (Wildman–Crippen MR) is 93.0 cm³/mol. The van der Waals surface area contributed by atoms with Gasteiger partial charge in [-0.15, -0.1) is 0 Å². The molecule has 23 heavy (non-hydrogen) atoms. The lowest BCUT2D eigenvalue weighted by atomic mass is 10.3. The van der Waals surface area contributed by atoms with Gasteiger partial charge in [0.2, 0.25) is 17.6 Å². The van der Waals surface area contributed by atoms with Crippen LogP contribution in [0.25, 0.3) is 0 Å². The molecule has 132 valence electrons. The lowest BCUT2D eigenvalue weighted by molar-refractivity contribution is 0.167. The molecule has 1 rings (SSSR count). The van der Waals surface area contributed by atoms with Crippen molar-refractivity contribution in [1.82, 2.24) is 4.72 Å². The summed E-state index contributed by atoms with van der Waals surface area (Å²) >= 11 is 32.6. The van der Waals surface area contributed by atoms with Gasteiger partial charge < -0.3 is 15.5 Å². The molecule has 0 amide bonds. The van der Waals surface area contributed by atoms with Crippen LogP contribution in [0.4, 0.5) is 5.69 Å². The van der Waals surface area contributed by atoms with E-state index in [9.17, 15) is 18.6 Å². The highest BCUT2D eigenvalue weighted by Crippen LogP contribution is 2.31. The molecule has 2 atom stereocenters. The van der Waals surface area contributed by atoms with Gasteiger partial charge in [0.25, 0.3) is 0 Å². The summed E-state index contributed by atoms with van der Waals surface area (Å²) in [5, 5.41) is 21.5. The Hall–Kier alpha value is 0.590. The number of aliphatic hydroxyl groups is 2. The summed E-state index contributed by atoms with van der Waals surface area (Å²) in [4.78, 5) is -0.222. The third-order valence-corrected chi connectivity index (χ3v) is 5.02. The topological polar surface area (TPSA) is 98.7 Å². The molecule has 1 aromatic rings. The quantitative estimate of drug-likeness (QED) is 0.395. The predicted octanol–water partition coefficient (Wildman–Crippen LogP) is 2.75. The summed E-state index contributed by atoms with van der Waals surface area (Å²) in [6.07, 6.45) is -3.46. The number of halogens is 6. The molecule has 0 radical (unpaired) electrons. The number of hydrogen-bond donors (Lipinski definition) is 4. The van der Waals surface area contributed by atoms with Crippen LogP contribution in [0.3, 0.4) is 0 Å². The second-order valence-electron chi connectivity index (χ2n) is 4.18. The lowest BCUT2D eigenvalue weighted by Crippen LogP contribution is -2.43. The first-order chi connectivity index (χ1) is 10.2. The van der Waals surface area contributed by atoms with Gasteiger partial charge in [0.1, 0.15) is 0 Å². The van der Waals surface area contributed by atoms with E-state index in [0.29, 0.717) is 0 Å². The average molecular weight is 467 g/mol. The van der Waals surface area contributed by atoms with Crippen LogP contribution in [0.5, 0.6) is 0 Å². The maximum atomic E-state index is 12.0. The first-order valence-electron chi connectivity index (χ1n) is 5.62. The van der Waals surface area contributed by atoms with Gasteiger partial charge in [-0.05, 0) is 24.3 Å². The molecule has 0 aliphatic heterocycles. The van der Waals surface area contributed by atoms with Gasteiger partial charge in [0.05, 0.1) is 4.90 Å². The Morgan fingerprint density at radius 2 is 1.30 bits per heavy atom. The smallest absolute Gasteiger partial charge is 0.242 e. The van der Waals surface area contributed by atoms with Crippen molar-refractivity contribution in [3.05, 3.63) is 24.3 Å². The normalized spacial score (nSPS) is 16.0. The Balaban J connectivity index is 2.87. The van der Waals surface area contributed by atoms with E-state index in [1.165, 1.54) is 24.3 Å². The number of sulfonamides is 1. The third-order valence-electron chi connectivity index (χ3n) is 2.35. The maximum Gasteiger partial charge on any atom is 0.242 e. The van der Waals surface area contributed by atoms with E-state index in [4.69, 9.17) is 69.6 Å². The molecule has 0 saturated carbocycles. The zero-order valence-electron chi connectivity index (χ0n) is 10.9. The van der Waals surface area contributed by atoms with E-state index in [2.05, 4.69) is 5.32 Å². The molecule has 0 heterocycles. The van der Waals surface area contributed by atoms with Crippen molar-refractivity contribution in [3.8, 4) is 0 Å². The van der Waals surface area contributed by atoms with Gasteiger partial charge in [-0.3, -0.25) is 0 Å². The van der Waals surface area contributed by atoms with E-state index in [-0.39, 0.29) is 10.6 Å². The van der Waals surface area contributed by atoms with Gasteiger partial charge in [0, 0.05) is 5.69 Å². The van der Waals surface area contributed by atoms with Crippen molar-refractivity contribution >= 4 is 85.3 Å². The monoisotopic (exact) mass is 464 g/mol. The first kappa shape index (κ1) is 21.6. The summed E-state index contributed by atoms with van der Waals surface area (Å²) < 4.78 is 21.6. The van der Waals surface area contributed by atoms with Crippen LogP contribution in [-0.2, 0) is 10.0 Å². The summed E-state index contributed by atoms with van der Waals surface area (Å²) in [7, 11) is -4.14. The molecule has 0 saturated heterocycles. The third kappa shape index (κ3) is 6.78. The standard InChI is InChI=1S/C10H10Cl6N2O4S/c11-9(12,13)7(19)17-5-1-3-6(4-2-5)23(21,22)18-8(20)10(14,15)16/h1-4,7-8,17-20H. The van der Waals surface area contributed by atoms with Gasteiger partial charge in [0.15, 0.2) is 12.5 Å². The number of hydrogen-bond acceptors (Lipinski definition) is 5. The molecule has 6 nitrogen and oxygen atoms in total. The summed E-state index contributed by atoms with van der Waals surface area (Å²) in [5.41, 5.74) is 0.282. The van der Waals surface area contributed by atoms with Gasteiger partial charge in [-0.1, -0.05) is 69.6 Å². The number of benzene rings is 1. The summed E-state index contributed by atoms with van der Waals surface area (Å²) in [5.74, 6) is 0. The molecule has 0 aliphatic rings. The average Bonchev–Trinajstić information content (AvgIpc) is 2.36. The van der Waals surface area contributed by atoms with E-state index in [1.807, 2.05) is 0 Å². The van der Waals surface area contributed by atoms with Crippen molar-refractivity contribution in [1.29, 1.82) is 0 Å². The zero-order chi connectivity index (χ0) is 18.1. The Morgan fingerprint density at radius 3 is 1.70 bits per heavy atom. The summed E-state index contributed by atoms with van der Waals surface area (Å²) in [6.45, 7) is 0. The fourth-order valence-electron chi connectivity index (χ4n) is 1.25. The van der Waals surface area contributed by atoms with Gasteiger partial charge in [-0.2, -0.15) is 4.72 Å². The van der Waals surface area contributed by atoms with Crippen LogP contribution >= 0.6 is 69.6 Å². The SMILES string of the molecule is O=S(=O)(NC(O)C(Cl)(Cl)Cl)c1ccc(NC(O)C(Cl)(Cl)Cl)cc1. The molecule has 13 heteroatoms. The molecule has 0 aliphatic carbocycles. The number of aliphatic hydroxyl groups excluding tert-OH is 2. The van der Waals surface area contributed by atoms with Crippen molar-refractivity contribution in [2.75, 3.05) is 5.32 Å². The van der Waals surface area contributed by atoms with E-state index in [0.717, 1.165) is 0 Å². The Kier molecular flexibility index (Phi) is 7.40. The Labute approximate surface area is 162 Å². The minimum atomic E-state index is -4.14. The van der Waals surface area contributed by atoms with E-state index >= 15 is 0 Å². The van der Waals surface area contributed by atoms with E-state index in [1.54, 1.807) is 4.72 Å². The van der Waals surface area contributed by atoms with Crippen molar-refractivity contribution in [2.24, 2.45) is 0 Å². The summed E-state index contributed by atoms with van der Waals surface area (Å²) in [6, 6.07) is 4.94. The second kappa shape index (κ2) is 7.86. The molecule has 1 aromatic carbocycles. The zero-order valence-corrected chi connectivity index (χ0v) is 16.2. The molecule has 2 unspecified atom stereocenters. The van der Waals surface area contributed by atoms with Crippen LogP contribution in [0.15, 0.2) is 29.2 Å². The minimum Gasteiger partial charge on any atom is -0.373 e. The van der Waals surface area contributed by atoms with Crippen molar-refractivity contribution in [2.45, 2.75) is 24.9 Å². The molecular weight excluding hydrogens is 457 g/mol. The highest BCUT2D eigenvalue weighted by atomic mass is 35.6. The Bertz CT molecular complexity index is 628. The Morgan fingerprint density at radius 1 is 0.870 bits per heavy atom. The highest BCUT2D eigenvalue weighted by Gasteiger charge is 2.34. The molecule has 4 N–H and O–H groups in total. The fraction of sp³-hybridized carbons (Fsp3) is 0.400. The number of rotatable bonds is 5. The van der Waals surface area contributed by atoms with Gasteiger partial charge in [-0.25, -0.2) is 8.42 Å². The number of anilines is 1. The highest BCUT2D eigenvalue weighted by molar-refractivity contribution is 7.89. The molecule has 0 fully saturated rings. The second-order valence-corrected chi connectivity index (χ2v) is 10.6. The molecule has 0 bridgehead atoms. The number of nitrogens with one attached hydrogen (secondary N) is 2. The van der Waals surface area contributed by atoms with Crippen molar-refractivity contribution in [3.63, 3.8) is 0 Å². The minimum absolute atomic E-state index is 0.222. The lowest BCUT2D eigenvalue weighted by Gasteiger charge is -2.21. The molecular formula is C10H10Cl6N2O4S. The van der Waals surface area contributed by atoms with Crippen LogP contribution in [0, 0.1) is 0 Å². The van der Waals surface area contributed by atoms with Crippen LogP contribution in [0.1, 0.15) is 0 Å². The first-order valence-corrected chi connectivity index (χ1v) is 9.37. The maximum absolute atomic E-state index is 12.0. The van der Waals surface area contributed by atoms with Crippen LogP contribution in [0.2, 0.25) is 0 Å². The fourth-order valence-corrected chi connectivity index (χ4v) is 2.87. The number of alkyl halides is 6. The van der Waals surface area contributed by atoms with Crippen LogP contribution in [-0.4, -0.2) is 38.7 Å². The van der Waals surface area contributed by atoms with Gasteiger partial charge >= 0.3 is 0 Å². The van der Waals surface area contributed by atoms with Crippen molar-refractivity contribution < 1.29 is 18.6 Å². The molecule has 0 spiro atoms. The van der Waals surface area contributed by atoms with Crippen LogP contribution < -0.4 is 10.0 Å². The van der Waals surface area contributed by atoms with E-state index < -0.39 is 30.1 Å².